The summed E-state index contributed by atoms with van der Waals surface area (Å²) in [6.07, 6.45) is -7.37. The fraction of sp³-hybridized carbons (Fsp3) is 0.367. The van der Waals surface area contributed by atoms with Crippen LogP contribution in [0, 0.1) is 0 Å². The molecule has 1 aliphatic heterocycles. The van der Waals surface area contributed by atoms with Crippen LogP contribution in [0.5, 0.6) is 0 Å². The largest absolute Gasteiger partial charge is 0.395 e. The van der Waals surface area contributed by atoms with Crippen LogP contribution in [0.4, 0.5) is 0 Å². The van der Waals surface area contributed by atoms with Crippen molar-refractivity contribution in [1.29, 1.82) is 0 Å². The molecule has 0 unspecified atom stereocenters. The van der Waals surface area contributed by atoms with Crippen molar-refractivity contribution in [3.63, 3.8) is 0 Å². The number of hydrogen-bond donors (Lipinski definition) is 4. The maximum absolute atomic E-state index is 13.1. The van der Waals surface area contributed by atoms with E-state index < -0.39 is 61.6 Å². The molecular formula is C49H58N2O10. The number of benzene rings is 5. The maximum Gasteiger partial charge on any atom is 0.217 e. The lowest BCUT2D eigenvalue weighted by molar-refractivity contribution is -0.316. The Kier molecular flexibility index (Phi) is 18.4. The number of carbonyl (C=O) groups is 1. The Bertz CT molecular complexity index is 1950. The van der Waals surface area contributed by atoms with Crippen molar-refractivity contribution >= 4 is 5.91 Å². The van der Waals surface area contributed by atoms with Crippen molar-refractivity contribution in [2.75, 3.05) is 19.8 Å². The van der Waals surface area contributed by atoms with E-state index in [0.29, 0.717) is 6.61 Å². The van der Waals surface area contributed by atoms with Gasteiger partial charge in [0.05, 0.1) is 58.9 Å². The minimum Gasteiger partial charge on any atom is -0.395 e. The zero-order valence-electron chi connectivity index (χ0n) is 34.5. The second-order valence-electron chi connectivity index (χ2n) is 15.1. The van der Waals surface area contributed by atoms with Gasteiger partial charge in [-0.1, -0.05) is 152 Å². The molecule has 12 nitrogen and oxygen atoms in total. The molecular weight excluding hydrogens is 777 g/mol. The fourth-order valence-corrected chi connectivity index (χ4v) is 7.18. The molecule has 1 saturated heterocycles. The average molecular weight is 835 g/mol. The standard InChI is InChI=1S/C49H58N2O10/c1-35(53)51-44-48(59-32-40-25-15-6-16-26-40)47(58-31-39-23-13-5-14-24-39)43(34-56-29-37-19-9-3-10-20-37)60-49(44)61-46(42(54)33-55-28-36-17-7-2-8-18-36)45(41(50)27-52)57-30-38-21-11-4-12-22-38/h2-26,41-49,52,54H,27-34,50H2,1H3,(H,51,53)/t41-,42+,43+,44+,45+,46+,47+,48+,49-/m0/s1. The number of ether oxygens (including phenoxy) is 7. The van der Waals surface area contributed by atoms with Crippen molar-refractivity contribution < 1.29 is 48.2 Å². The van der Waals surface area contributed by atoms with Crippen LogP contribution in [0.25, 0.3) is 0 Å². The third-order valence-corrected chi connectivity index (χ3v) is 10.3. The molecule has 0 aliphatic carbocycles. The number of nitrogens with one attached hydrogen (secondary N) is 1. The molecule has 12 heteroatoms. The number of aliphatic hydroxyl groups excluding tert-OH is 2. The molecule has 324 valence electrons. The lowest BCUT2D eigenvalue weighted by atomic mass is 9.95. The Morgan fingerprint density at radius 3 is 1.56 bits per heavy atom. The van der Waals surface area contributed by atoms with Gasteiger partial charge in [-0.2, -0.15) is 0 Å². The van der Waals surface area contributed by atoms with Gasteiger partial charge >= 0.3 is 0 Å². The second-order valence-corrected chi connectivity index (χ2v) is 15.1. The van der Waals surface area contributed by atoms with Crippen LogP contribution in [-0.2, 0) is 71.0 Å². The van der Waals surface area contributed by atoms with Gasteiger partial charge in [-0.05, 0) is 27.8 Å². The average Bonchev–Trinajstić information content (AvgIpc) is 3.29. The first-order chi connectivity index (χ1) is 29.9. The molecule has 0 aromatic heterocycles. The van der Waals surface area contributed by atoms with Crippen molar-refractivity contribution in [2.45, 2.75) is 95.0 Å². The summed E-state index contributed by atoms with van der Waals surface area (Å²) < 4.78 is 45.9. The summed E-state index contributed by atoms with van der Waals surface area (Å²) in [5.41, 5.74) is 11.1. The molecule has 0 spiro atoms. The minimum atomic E-state index is -1.34. The lowest BCUT2D eigenvalue weighted by Crippen LogP contribution is -2.67. The van der Waals surface area contributed by atoms with Crippen LogP contribution in [0.3, 0.4) is 0 Å². The minimum absolute atomic E-state index is 0.0592. The molecule has 1 heterocycles. The van der Waals surface area contributed by atoms with Crippen LogP contribution in [0.2, 0.25) is 0 Å². The summed E-state index contributed by atoms with van der Waals surface area (Å²) in [4.78, 5) is 13.1. The monoisotopic (exact) mass is 834 g/mol. The number of rotatable bonds is 24. The first-order valence-corrected chi connectivity index (χ1v) is 20.7. The maximum atomic E-state index is 13.1. The fourth-order valence-electron chi connectivity index (χ4n) is 7.18. The molecule has 0 radical (unpaired) electrons. The summed E-state index contributed by atoms with van der Waals surface area (Å²) in [7, 11) is 0. The number of amides is 1. The van der Waals surface area contributed by atoms with E-state index in [4.69, 9.17) is 38.9 Å². The molecule has 61 heavy (non-hydrogen) atoms. The summed E-state index contributed by atoms with van der Waals surface area (Å²) in [5.74, 6) is -0.372. The van der Waals surface area contributed by atoms with Gasteiger partial charge in [0, 0.05) is 6.92 Å². The highest BCUT2D eigenvalue weighted by Gasteiger charge is 2.51. The van der Waals surface area contributed by atoms with E-state index in [0.717, 1.165) is 27.8 Å². The number of carbonyl (C=O) groups excluding carboxylic acids is 1. The molecule has 1 fully saturated rings. The van der Waals surface area contributed by atoms with Crippen LogP contribution in [0.15, 0.2) is 152 Å². The summed E-state index contributed by atoms with van der Waals surface area (Å²) in [6.45, 7) is 1.81. The van der Waals surface area contributed by atoms with Crippen LogP contribution in [-0.4, -0.2) is 90.9 Å². The number of hydrogen-bond acceptors (Lipinski definition) is 11. The summed E-state index contributed by atoms with van der Waals surface area (Å²) in [6, 6.07) is 46.3. The van der Waals surface area contributed by atoms with Gasteiger partial charge in [-0.25, -0.2) is 0 Å². The number of aliphatic hydroxyl groups is 2. The molecule has 9 atom stereocenters. The Morgan fingerprint density at radius 2 is 1.08 bits per heavy atom. The van der Waals surface area contributed by atoms with Gasteiger partial charge in [0.1, 0.15) is 42.7 Å². The predicted octanol–water partition coefficient (Wildman–Crippen LogP) is 5.47. The van der Waals surface area contributed by atoms with Gasteiger partial charge in [-0.3, -0.25) is 4.79 Å². The molecule has 0 bridgehead atoms. The van der Waals surface area contributed by atoms with Crippen LogP contribution >= 0.6 is 0 Å². The van der Waals surface area contributed by atoms with Gasteiger partial charge < -0.3 is 54.4 Å². The zero-order valence-corrected chi connectivity index (χ0v) is 34.5. The quantitative estimate of drug-likeness (QED) is 0.0625. The Balaban J connectivity index is 1.35. The van der Waals surface area contributed by atoms with Crippen LogP contribution < -0.4 is 11.1 Å². The van der Waals surface area contributed by atoms with Gasteiger partial charge in [-0.15, -0.1) is 0 Å². The predicted molar refractivity (Wildman–Crippen MR) is 229 cm³/mol. The van der Waals surface area contributed by atoms with E-state index in [1.807, 2.05) is 152 Å². The Morgan fingerprint density at radius 1 is 0.639 bits per heavy atom. The first-order valence-electron chi connectivity index (χ1n) is 20.7. The van der Waals surface area contributed by atoms with E-state index in [1.165, 1.54) is 6.92 Å². The molecule has 1 amide bonds. The summed E-state index contributed by atoms with van der Waals surface area (Å²) in [5, 5.41) is 25.5. The van der Waals surface area contributed by atoms with Crippen molar-refractivity contribution in [3.8, 4) is 0 Å². The van der Waals surface area contributed by atoms with Crippen LogP contribution in [0.1, 0.15) is 34.7 Å². The molecule has 1 aliphatic rings. The van der Waals surface area contributed by atoms with E-state index in [1.54, 1.807) is 0 Å². The first kappa shape index (κ1) is 45.7. The molecule has 5 N–H and O–H groups in total. The number of nitrogens with two attached hydrogens (primary N) is 1. The van der Waals surface area contributed by atoms with E-state index >= 15 is 0 Å². The third-order valence-electron chi connectivity index (χ3n) is 10.3. The van der Waals surface area contributed by atoms with E-state index in [2.05, 4.69) is 5.32 Å². The van der Waals surface area contributed by atoms with Gasteiger partial charge in [0.15, 0.2) is 6.29 Å². The van der Waals surface area contributed by atoms with Gasteiger partial charge in [0.2, 0.25) is 5.91 Å². The van der Waals surface area contributed by atoms with Gasteiger partial charge in [0.25, 0.3) is 0 Å². The lowest BCUT2D eigenvalue weighted by Gasteiger charge is -2.48. The van der Waals surface area contributed by atoms with Crippen molar-refractivity contribution in [2.24, 2.45) is 5.73 Å². The Hall–Kier alpha value is -4.83. The normalized spacial score (nSPS) is 21.0. The Labute approximate surface area is 358 Å². The molecule has 5 aromatic carbocycles. The molecule has 0 saturated carbocycles. The second kappa shape index (κ2) is 24.6. The van der Waals surface area contributed by atoms with Crippen molar-refractivity contribution in [1.82, 2.24) is 5.32 Å². The van der Waals surface area contributed by atoms with E-state index in [-0.39, 0.29) is 45.5 Å². The third kappa shape index (κ3) is 14.4. The van der Waals surface area contributed by atoms with E-state index in [9.17, 15) is 15.0 Å². The SMILES string of the molecule is CC(=O)N[C@H]1[C@H](O[C@@H]([C@H](OCc2ccccc2)[C@@H](N)CO)[C@H](O)COCc2ccccc2)O[C@H](COCc2ccccc2)[C@@H](OCc2ccccc2)[C@@H]1OCc1ccccc1. The topological polar surface area (TPSA) is 160 Å². The highest BCUT2D eigenvalue weighted by atomic mass is 16.7. The molecule has 5 aromatic rings. The zero-order chi connectivity index (χ0) is 42.7. The highest BCUT2D eigenvalue weighted by molar-refractivity contribution is 5.73. The summed E-state index contributed by atoms with van der Waals surface area (Å²) >= 11 is 0. The smallest absolute Gasteiger partial charge is 0.217 e. The van der Waals surface area contributed by atoms with Crippen molar-refractivity contribution in [3.05, 3.63) is 179 Å². The highest BCUT2D eigenvalue weighted by Crippen LogP contribution is 2.32. The molecule has 6 rings (SSSR count).